The average Bonchev–Trinajstić information content (AvgIpc) is 2.65. The summed E-state index contributed by atoms with van der Waals surface area (Å²) in [5.41, 5.74) is 0.669. The number of halogens is 1. The van der Waals surface area contributed by atoms with E-state index in [0.29, 0.717) is 23.1 Å². The minimum Gasteiger partial charge on any atom is -0.497 e. The number of nitrogens with zero attached hydrogens (tertiary/aromatic N) is 1. The smallest absolute Gasteiger partial charge is 0.191 e. The second kappa shape index (κ2) is 14.8. The second-order valence-electron chi connectivity index (χ2n) is 6.38. The molecule has 0 aromatic heterocycles. The van der Waals surface area contributed by atoms with Crippen molar-refractivity contribution < 1.29 is 14.6 Å². The molecular weight excluding hydrogens is 457 g/mol. The molecule has 3 N–H and O–H groups in total. The number of ether oxygens (including phenoxy) is 2. The average molecular weight is 493 g/mol. The van der Waals surface area contributed by atoms with E-state index < -0.39 is 6.10 Å². The van der Waals surface area contributed by atoms with Gasteiger partial charge in [-0.2, -0.15) is 0 Å². The van der Waals surface area contributed by atoms with Crippen molar-refractivity contribution in [2.24, 2.45) is 4.99 Å². The van der Waals surface area contributed by atoms with Crippen LogP contribution < -0.4 is 20.1 Å². The topological polar surface area (TPSA) is 75.1 Å². The summed E-state index contributed by atoms with van der Waals surface area (Å²) >= 11 is 0. The molecule has 156 valence electrons. The van der Waals surface area contributed by atoms with Crippen LogP contribution in [0, 0.1) is 0 Å². The van der Waals surface area contributed by atoms with Crippen molar-refractivity contribution in [1.29, 1.82) is 0 Å². The van der Waals surface area contributed by atoms with Gasteiger partial charge in [0.25, 0.3) is 0 Å². The van der Waals surface area contributed by atoms with Crippen LogP contribution in [0.15, 0.2) is 23.2 Å². The highest BCUT2D eigenvalue weighted by Crippen LogP contribution is 2.29. The Morgan fingerprint density at radius 1 is 1.19 bits per heavy atom. The SMILES string of the molecule is CCCCCC(C)NC(=NCC(O)c1cc(OC)ccc1OC)NCC.I. The van der Waals surface area contributed by atoms with E-state index in [1.165, 1.54) is 19.3 Å². The van der Waals surface area contributed by atoms with E-state index in [1.54, 1.807) is 26.4 Å². The first-order valence-electron chi connectivity index (χ1n) is 9.50. The van der Waals surface area contributed by atoms with Crippen molar-refractivity contribution in [2.45, 2.75) is 58.6 Å². The van der Waals surface area contributed by atoms with E-state index in [1.807, 2.05) is 13.0 Å². The Hall–Kier alpha value is -1.22. The Bertz CT molecular complexity index is 555. The molecule has 1 rings (SSSR count). The quantitative estimate of drug-likeness (QED) is 0.189. The summed E-state index contributed by atoms with van der Waals surface area (Å²) < 4.78 is 10.6. The van der Waals surface area contributed by atoms with Crippen LogP contribution in [-0.2, 0) is 0 Å². The van der Waals surface area contributed by atoms with Gasteiger partial charge in [0.2, 0.25) is 0 Å². The summed E-state index contributed by atoms with van der Waals surface area (Å²) in [7, 11) is 3.19. The standard InChI is InChI=1S/C20H35N3O3.HI/c1-6-8-9-10-15(3)23-20(21-7-2)22-14-18(24)17-13-16(25-4)11-12-19(17)26-5;/h11-13,15,18,24H,6-10,14H2,1-5H3,(H2,21,22,23);1H. The summed E-state index contributed by atoms with van der Waals surface area (Å²) in [6.07, 6.45) is 3.99. The lowest BCUT2D eigenvalue weighted by molar-refractivity contribution is 0.182. The van der Waals surface area contributed by atoms with Gasteiger partial charge in [-0.1, -0.05) is 26.2 Å². The van der Waals surface area contributed by atoms with Gasteiger partial charge in [0.1, 0.15) is 17.6 Å². The lowest BCUT2D eigenvalue weighted by Gasteiger charge is -2.19. The van der Waals surface area contributed by atoms with E-state index >= 15 is 0 Å². The lowest BCUT2D eigenvalue weighted by atomic mass is 10.1. The van der Waals surface area contributed by atoms with Gasteiger partial charge in [0.05, 0.1) is 20.8 Å². The van der Waals surface area contributed by atoms with Gasteiger partial charge in [-0.05, 0) is 38.5 Å². The molecule has 0 aliphatic heterocycles. The van der Waals surface area contributed by atoms with Gasteiger partial charge >= 0.3 is 0 Å². The van der Waals surface area contributed by atoms with Crippen LogP contribution in [0.3, 0.4) is 0 Å². The first-order valence-corrected chi connectivity index (χ1v) is 9.50. The van der Waals surface area contributed by atoms with E-state index in [-0.39, 0.29) is 30.5 Å². The highest BCUT2D eigenvalue weighted by molar-refractivity contribution is 14.0. The van der Waals surface area contributed by atoms with Crippen LogP contribution in [0.1, 0.15) is 58.1 Å². The molecule has 1 aromatic carbocycles. The maximum Gasteiger partial charge on any atom is 0.191 e. The highest BCUT2D eigenvalue weighted by Gasteiger charge is 2.15. The van der Waals surface area contributed by atoms with Gasteiger partial charge in [0, 0.05) is 18.2 Å². The third kappa shape index (κ3) is 9.51. The number of nitrogens with one attached hydrogen (secondary N) is 2. The van der Waals surface area contributed by atoms with Crippen molar-refractivity contribution >= 4 is 29.9 Å². The monoisotopic (exact) mass is 493 g/mol. The number of guanidine groups is 1. The maximum absolute atomic E-state index is 10.6. The molecule has 0 saturated carbocycles. The normalized spacial score (nSPS) is 13.3. The number of methoxy groups -OCH3 is 2. The van der Waals surface area contributed by atoms with Crippen LogP contribution in [0.2, 0.25) is 0 Å². The van der Waals surface area contributed by atoms with Crippen LogP contribution >= 0.6 is 24.0 Å². The summed E-state index contributed by atoms with van der Waals surface area (Å²) in [4.78, 5) is 4.54. The van der Waals surface area contributed by atoms with E-state index in [0.717, 1.165) is 18.9 Å². The fourth-order valence-corrected chi connectivity index (χ4v) is 2.70. The molecule has 0 saturated heterocycles. The summed E-state index contributed by atoms with van der Waals surface area (Å²) in [5.74, 6) is 2.02. The number of unbranched alkanes of at least 4 members (excludes halogenated alkanes) is 2. The van der Waals surface area contributed by atoms with Crippen molar-refractivity contribution in [2.75, 3.05) is 27.3 Å². The van der Waals surface area contributed by atoms with Gasteiger partial charge in [-0.15, -0.1) is 24.0 Å². The lowest BCUT2D eigenvalue weighted by Crippen LogP contribution is -2.42. The Balaban J connectivity index is 0.00000676. The number of hydrogen-bond acceptors (Lipinski definition) is 4. The summed E-state index contributed by atoms with van der Waals surface area (Å²) in [5, 5.41) is 17.2. The number of aliphatic hydroxyl groups excluding tert-OH is 1. The zero-order valence-electron chi connectivity index (χ0n) is 17.2. The number of hydrogen-bond donors (Lipinski definition) is 3. The van der Waals surface area contributed by atoms with Gasteiger partial charge in [-0.25, -0.2) is 0 Å². The molecule has 0 amide bonds. The predicted molar refractivity (Wildman–Crippen MR) is 123 cm³/mol. The molecule has 0 bridgehead atoms. The molecule has 0 radical (unpaired) electrons. The molecule has 0 aliphatic carbocycles. The number of rotatable bonds is 11. The molecule has 2 atom stereocenters. The van der Waals surface area contributed by atoms with E-state index in [9.17, 15) is 5.11 Å². The number of aliphatic imine (C=N–C) groups is 1. The third-order valence-corrected chi connectivity index (χ3v) is 4.19. The molecule has 1 aromatic rings. The Morgan fingerprint density at radius 3 is 2.52 bits per heavy atom. The van der Waals surface area contributed by atoms with Gasteiger partial charge in [0.15, 0.2) is 5.96 Å². The Labute approximate surface area is 181 Å². The number of aliphatic hydroxyl groups is 1. The van der Waals surface area contributed by atoms with Gasteiger partial charge in [-0.3, -0.25) is 4.99 Å². The fraction of sp³-hybridized carbons (Fsp3) is 0.650. The molecule has 0 aliphatic rings. The summed E-state index contributed by atoms with van der Waals surface area (Å²) in [6.45, 7) is 7.40. The molecule has 27 heavy (non-hydrogen) atoms. The Kier molecular flexibility index (Phi) is 14.1. The first-order chi connectivity index (χ1) is 12.5. The fourth-order valence-electron chi connectivity index (χ4n) is 2.70. The maximum atomic E-state index is 10.6. The molecule has 0 heterocycles. The number of benzene rings is 1. The zero-order chi connectivity index (χ0) is 19.4. The van der Waals surface area contributed by atoms with Crippen molar-refractivity contribution in [3.8, 4) is 11.5 Å². The van der Waals surface area contributed by atoms with Gasteiger partial charge < -0.3 is 25.2 Å². The van der Waals surface area contributed by atoms with Crippen LogP contribution in [0.4, 0.5) is 0 Å². The Morgan fingerprint density at radius 2 is 1.93 bits per heavy atom. The zero-order valence-corrected chi connectivity index (χ0v) is 19.6. The largest absolute Gasteiger partial charge is 0.497 e. The van der Waals surface area contributed by atoms with Crippen LogP contribution in [0.25, 0.3) is 0 Å². The van der Waals surface area contributed by atoms with Crippen molar-refractivity contribution in [1.82, 2.24) is 10.6 Å². The molecule has 2 unspecified atom stereocenters. The highest BCUT2D eigenvalue weighted by atomic mass is 127. The van der Waals surface area contributed by atoms with E-state index in [2.05, 4.69) is 29.5 Å². The molecule has 0 fully saturated rings. The minimum atomic E-state index is -0.772. The molecular formula is C20H36IN3O3. The van der Waals surface area contributed by atoms with Crippen LogP contribution in [-0.4, -0.2) is 44.4 Å². The molecule has 6 nitrogen and oxygen atoms in total. The van der Waals surface area contributed by atoms with Crippen molar-refractivity contribution in [3.05, 3.63) is 23.8 Å². The minimum absolute atomic E-state index is 0. The summed E-state index contributed by atoms with van der Waals surface area (Å²) in [6, 6.07) is 5.72. The molecule has 0 spiro atoms. The second-order valence-corrected chi connectivity index (χ2v) is 6.38. The van der Waals surface area contributed by atoms with Crippen molar-refractivity contribution in [3.63, 3.8) is 0 Å². The van der Waals surface area contributed by atoms with E-state index in [4.69, 9.17) is 9.47 Å². The molecule has 7 heteroatoms. The van der Waals surface area contributed by atoms with Crippen LogP contribution in [0.5, 0.6) is 11.5 Å². The third-order valence-electron chi connectivity index (χ3n) is 4.19. The first kappa shape index (κ1) is 25.8. The predicted octanol–water partition coefficient (Wildman–Crippen LogP) is 3.88.